The smallest absolute Gasteiger partial charge is 0.338 e. The average molecular weight is 322 g/mol. The number of ether oxygens (including phenoxy) is 1. The summed E-state index contributed by atoms with van der Waals surface area (Å²) in [5.74, 6) is -1.02. The SMILES string of the molecule is Cc1ccc([C@H](C)NC(=O)COC(=O)c2cccc(C#N)c2)cc1. The van der Waals surface area contributed by atoms with E-state index >= 15 is 0 Å². The Hall–Kier alpha value is -3.13. The number of carbonyl (C=O) groups is 2. The van der Waals surface area contributed by atoms with Crippen LogP contribution in [-0.4, -0.2) is 18.5 Å². The number of carbonyl (C=O) groups excluding carboxylic acids is 2. The van der Waals surface area contributed by atoms with Crippen LogP contribution in [0, 0.1) is 18.3 Å². The van der Waals surface area contributed by atoms with Gasteiger partial charge in [-0.05, 0) is 37.6 Å². The molecule has 0 aromatic heterocycles. The lowest BCUT2D eigenvalue weighted by atomic mass is 10.1. The van der Waals surface area contributed by atoms with E-state index in [-0.39, 0.29) is 24.1 Å². The number of hydrogen-bond donors (Lipinski definition) is 1. The van der Waals surface area contributed by atoms with E-state index in [1.165, 1.54) is 12.1 Å². The summed E-state index contributed by atoms with van der Waals surface area (Å²) in [6, 6.07) is 15.7. The van der Waals surface area contributed by atoms with E-state index in [2.05, 4.69) is 5.32 Å². The van der Waals surface area contributed by atoms with Gasteiger partial charge in [0.15, 0.2) is 6.61 Å². The number of rotatable bonds is 5. The molecule has 24 heavy (non-hydrogen) atoms. The lowest BCUT2D eigenvalue weighted by Gasteiger charge is -2.14. The predicted molar refractivity (Wildman–Crippen MR) is 89.2 cm³/mol. The number of aryl methyl sites for hydroxylation is 1. The first-order valence-corrected chi connectivity index (χ1v) is 7.53. The third-order valence-electron chi connectivity index (χ3n) is 3.52. The monoisotopic (exact) mass is 322 g/mol. The maximum absolute atomic E-state index is 11.9. The molecule has 0 aliphatic heterocycles. The van der Waals surface area contributed by atoms with Gasteiger partial charge in [0.1, 0.15) is 0 Å². The second-order valence-electron chi connectivity index (χ2n) is 5.47. The highest BCUT2D eigenvalue weighted by atomic mass is 16.5. The molecule has 1 N–H and O–H groups in total. The van der Waals surface area contributed by atoms with Crippen molar-refractivity contribution in [3.63, 3.8) is 0 Å². The van der Waals surface area contributed by atoms with Gasteiger partial charge < -0.3 is 10.1 Å². The topological polar surface area (TPSA) is 79.2 Å². The van der Waals surface area contributed by atoms with Gasteiger partial charge in [0, 0.05) is 0 Å². The van der Waals surface area contributed by atoms with E-state index in [9.17, 15) is 9.59 Å². The predicted octanol–water partition coefficient (Wildman–Crippen LogP) is 2.90. The van der Waals surface area contributed by atoms with Gasteiger partial charge >= 0.3 is 5.97 Å². The Balaban J connectivity index is 1.87. The quantitative estimate of drug-likeness (QED) is 0.858. The van der Waals surface area contributed by atoms with Crippen molar-refractivity contribution in [3.8, 4) is 6.07 Å². The molecule has 0 fully saturated rings. The molecule has 0 saturated carbocycles. The number of hydrogen-bond acceptors (Lipinski definition) is 4. The molecule has 122 valence electrons. The summed E-state index contributed by atoms with van der Waals surface area (Å²) in [4.78, 5) is 23.8. The van der Waals surface area contributed by atoms with E-state index in [0.717, 1.165) is 11.1 Å². The van der Waals surface area contributed by atoms with Gasteiger partial charge in [-0.3, -0.25) is 4.79 Å². The summed E-state index contributed by atoms with van der Waals surface area (Å²) in [5.41, 5.74) is 2.73. The van der Waals surface area contributed by atoms with Crippen LogP contribution in [-0.2, 0) is 9.53 Å². The molecule has 0 saturated heterocycles. The molecule has 0 heterocycles. The number of esters is 1. The van der Waals surface area contributed by atoms with Crippen molar-refractivity contribution < 1.29 is 14.3 Å². The fraction of sp³-hybridized carbons (Fsp3) is 0.211. The van der Waals surface area contributed by atoms with Gasteiger partial charge in [0.2, 0.25) is 0 Å². The molecule has 0 spiro atoms. The molecule has 5 heteroatoms. The first kappa shape index (κ1) is 17.2. The summed E-state index contributed by atoms with van der Waals surface area (Å²) in [5, 5.41) is 11.6. The molecule has 0 unspecified atom stereocenters. The van der Waals surface area contributed by atoms with Crippen molar-refractivity contribution in [3.05, 3.63) is 70.8 Å². The summed E-state index contributed by atoms with van der Waals surface area (Å²) < 4.78 is 4.98. The van der Waals surface area contributed by atoms with Crippen LogP contribution >= 0.6 is 0 Å². The zero-order valence-electron chi connectivity index (χ0n) is 13.6. The van der Waals surface area contributed by atoms with Crippen molar-refractivity contribution in [2.24, 2.45) is 0 Å². The van der Waals surface area contributed by atoms with Gasteiger partial charge in [-0.1, -0.05) is 35.9 Å². The number of nitrogens with zero attached hydrogens (tertiary/aromatic N) is 1. The third kappa shape index (κ3) is 4.68. The third-order valence-corrected chi connectivity index (χ3v) is 3.52. The van der Waals surface area contributed by atoms with Crippen LogP contribution in [0.25, 0.3) is 0 Å². The van der Waals surface area contributed by atoms with Crippen molar-refractivity contribution in [1.29, 1.82) is 5.26 Å². The minimum Gasteiger partial charge on any atom is -0.452 e. The maximum atomic E-state index is 11.9. The summed E-state index contributed by atoms with van der Waals surface area (Å²) in [7, 11) is 0. The molecular formula is C19H18N2O3. The van der Waals surface area contributed by atoms with Crippen molar-refractivity contribution in [2.75, 3.05) is 6.61 Å². The van der Waals surface area contributed by atoms with Gasteiger partial charge in [-0.2, -0.15) is 5.26 Å². The number of nitrogens with one attached hydrogen (secondary N) is 1. The molecule has 1 amide bonds. The Bertz CT molecular complexity index is 776. The Labute approximate surface area is 140 Å². The van der Waals surface area contributed by atoms with E-state index < -0.39 is 5.97 Å². The molecule has 5 nitrogen and oxygen atoms in total. The molecule has 1 atom stereocenters. The minimum absolute atomic E-state index is 0.182. The van der Waals surface area contributed by atoms with Crippen LogP contribution in [0.15, 0.2) is 48.5 Å². The van der Waals surface area contributed by atoms with Crippen LogP contribution in [0.5, 0.6) is 0 Å². The Kier molecular flexibility index (Phi) is 5.69. The first-order chi connectivity index (χ1) is 11.5. The lowest BCUT2D eigenvalue weighted by molar-refractivity contribution is -0.124. The zero-order chi connectivity index (χ0) is 17.5. The molecule has 2 aromatic carbocycles. The fourth-order valence-corrected chi connectivity index (χ4v) is 2.15. The number of benzene rings is 2. The van der Waals surface area contributed by atoms with Crippen LogP contribution in [0.4, 0.5) is 0 Å². The van der Waals surface area contributed by atoms with E-state index in [1.54, 1.807) is 12.1 Å². The number of nitriles is 1. The molecule has 2 aromatic rings. The molecular weight excluding hydrogens is 304 g/mol. The van der Waals surface area contributed by atoms with E-state index in [0.29, 0.717) is 5.56 Å². The van der Waals surface area contributed by atoms with Crippen LogP contribution in [0.1, 0.15) is 40.0 Å². The minimum atomic E-state index is -0.634. The zero-order valence-corrected chi connectivity index (χ0v) is 13.6. The standard InChI is InChI=1S/C19H18N2O3/c1-13-6-8-16(9-7-13)14(2)21-18(22)12-24-19(23)17-5-3-4-15(10-17)11-20/h3-10,14H,12H2,1-2H3,(H,21,22)/t14-/m0/s1. The van der Waals surface area contributed by atoms with Crippen LogP contribution < -0.4 is 5.32 Å². The van der Waals surface area contributed by atoms with Crippen molar-refractivity contribution in [1.82, 2.24) is 5.32 Å². The van der Waals surface area contributed by atoms with Crippen LogP contribution in [0.2, 0.25) is 0 Å². The maximum Gasteiger partial charge on any atom is 0.338 e. The Morgan fingerprint density at radius 2 is 1.92 bits per heavy atom. The van der Waals surface area contributed by atoms with Crippen LogP contribution in [0.3, 0.4) is 0 Å². The normalized spacial score (nSPS) is 11.2. The lowest BCUT2D eigenvalue weighted by Crippen LogP contribution is -2.31. The summed E-state index contributed by atoms with van der Waals surface area (Å²) in [6.45, 7) is 3.49. The van der Waals surface area contributed by atoms with E-state index in [4.69, 9.17) is 10.00 Å². The molecule has 0 aliphatic rings. The van der Waals surface area contributed by atoms with Crippen molar-refractivity contribution >= 4 is 11.9 Å². The largest absolute Gasteiger partial charge is 0.452 e. The highest BCUT2D eigenvalue weighted by Gasteiger charge is 2.13. The molecule has 0 aliphatic carbocycles. The molecule has 0 bridgehead atoms. The second-order valence-corrected chi connectivity index (χ2v) is 5.47. The van der Waals surface area contributed by atoms with Gasteiger partial charge in [0.25, 0.3) is 5.91 Å². The van der Waals surface area contributed by atoms with E-state index in [1.807, 2.05) is 44.2 Å². The summed E-state index contributed by atoms with van der Waals surface area (Å²) in [6.07, 6.45) is 0. The first-order valence-electron chi connectivity index (χ1n) is 7.53. The molecule has 0 radical (unpaired) electrons. The van der Waals surface area contributed by atoms with Gasteiger partial charge in [-0.25, -0.2) is 4.79 Å². The average Bonchev–Trinajstić information content (AvgIpc) is 2.60. The molecule has 2 rings (SSSR count). The Morgan fingerprint density at radius 3 is 2.58 bits per heavy atom. The Morgan fingerprint density at radius 1 is 1.21 bits per heavy atom. The highest BCUT2D eigenvalue weighted by Crippen LogP contribution is 2.13. The van der Waals surface area contributed by atoms with Gasteiger partial charge in [0.05, 0.1) is 23.2 Å². The highest BCUT2D eigenvalue weighted by molar-refractivity contribution is 5.91. The number of amides is 1. The fourth-order valence-electron chi connectivity index (χ4n) is 2.15. The van der Waals surface area contributed by atoms with Crippen molar-refractivity contribution in [2.45, 2.75) is 19.9 Å². The second kappa shape index (κ2) is 7.93. The summed E-state index contributed by atoms with van der Waals surface area (Å²) >= 11 is 0. The van der Waals surface area contributed by atoms with Gasteiger partial charge in [-0.15, -0.1) is 0 Å².